The summed E-state index contributed by atoms with van der Waals surface area (Å²) in [6.07, 6.45) is 3.72. The molecular formula is C12H15NO2. The Bertz CT molecular complexity index is 333. The molecule has 0 aliphatic carbocycles. The molecule has 3 heteroatoms. The van der Waals surface area contributed by atoms with Gasteiger partial charge >= 0.3 is 5.97 Å². The highest BCUT2D eigenvalue weighted by Crippen LogP contribution is 2.02. The molecule has 0 saturated heterocycles. The first-order valence-electron chi connectivity index (χ1n) is 4.78. The van der Waals surface area contributed by atoms with E-state index in [1.165, 1.54) is 13.2 Å². The molecule has 0 saturated carbocycles. The largest absolute Gasteiger partial charge is 0.466 e. The van der Waals surface area contributed by atoms with Crippen molar-refractivity contribution in [1.29, 1.82) is 0 Å². The van der Waals surface area contributed by atoms with Gasteiger partial charge in [0.1, 0.15) is 0 Å². The minimum Gasteiger partial charge on any atom is -0.466 e. The quantitative estimate of drug-likeness (QED) is 0.595. The molecule has 0 fully saturated rings. The van der Waals surface area contributed by atoms with E-state index in [0.717, 1.165) is 5.56 Å². The molecule has 0 heterocycles. The Labute approximate surface area is 89.5 Å². The lowest BCUT2D eigenvalue weighted by atomic mass is 10.1. The maximum atomic E-state index is 10.8. The van der Waals surface area contributed by atoms with Gasteiger partial charge in [0, 0.05) is 12.1 Å². The maximum Gasteiger partial charge on any atom is 0.330 e. The number of methoxy groups -OCH3 is 1. The van der Waals surface area contributed by atoms with Crippen LogP contribution in [0.25, 0.3) is 0 Å². The molecular weight excluding hydrogens is 190 g/mol. The van der Waals surface area contributed by atoms with Gasteiger partial charge in [0.05, 0.1) is 7.11 Å². The summed E-state index contributed by atoms with van der Waals surface area (Å²) in [6, 6.07) is 9.74. The normalized spacial score (nSPS) is 12.7. The van der Waals surface area contributed by atoms with Gasteiger partial charge in [0.2, 0.25) is 0 Å². The van der Waals surface area contributed by atoms with E-state index in [-0.39, 0.29) is 12.0 Å². The van der Waals surface area contributed by atoms with Crippen molar-refractivity contribution in [3.05, 3.63) is 48.0 Å². The Hall–Kier alpha value is -1.61. The van der Waals surface area contributed by atoms with Crippen LogP contribution in [0.5, 0.6) is 0 Å². The third-order valence-electron chi connectivity index (χ3n) is 1.99. The molecule has 0 radical (unpaired) electrons. The van der Waals surface area contributed by atoms with Crippen molar-refractivity contribution in [3.8, 4) is 0 Å². The van der Waals surface area contributed by atoms with Crippen molar-refractivity contribution in [3.63, 3.8) is 0 Å². The number of carbonyl (C=O) groups is 1. The number of benzene rings is 1. The molecule has 0 unspecified atom stereocenters. The standard InChI is InChI=1S/C12H15NO2/c1-15-12(14)8-7-11(13)9-10-5-3-2-4-6-10/h2-8,11H,9,13H2,1H3/b8-7-/t11-/m1/s1. The van der Waals surface area contributed by atoms with E-state index in [1.807, 2.05) is 30.3 Å². The van der Waals surface area contributed by atoms with E-state index in [1.54, 1.807) is 6.08 Å². The fraction of sp³-hybridized carbons (Fsp3) is 0.250. The van der Waals surface area contributed by atoms with Crippen LogP contribution in [0.4, 0.5) is 0 Å². The Morgan fingerprint density at radius 2 is 2.13 bits per heavy atom. The number of hydrogen-bond donors (Lipinski definition) is 1. The summed E-state index contributed by atoms with van der Waals surface area (Å²) >= 11 is 0. The molecule has 80 valence electrons. The Balaban J connectivity index is 2.46. The lowest BCUT2D eigenvalue weighted by molar-refractivity contribution is -0.134. The lowest BCUT2D eigenvalue weighted by Gasteiger charge is -2.05. The zero-order chi connectivity index (χ0) is 11.1. The average Bonchev–Trinajstić information content (AvgIpc) is 2.27. The molecule has 3 nitrogen and oxygen atoms in total. The van der Waals surface area contributed by atoms with Gasteiger partial charge in [-0.25, -0.2) is 4.79 Å². The van der Waals surface area contributed by atoms with Crippen molar-refractivity contribution in [2.24, 2.45) is 5.73 Å². The monoisotopic (exact) mass is 205 g/mol. The third kappa shape index (κ3) is 4.42. The highest BCUT2D eigenvalue weighted by molar-refractivity contribution is 5.81. The van der Waals surface area contributed by atoms with Crippen LogP contribution < -0.4 is 5.73 Å². The minimum atomic E-state index is -0.376. The Kier molecular flexibility index (Phi) is 4.57. The number of rotatable bonds is 4. The number of hydrogen-bond acceptors (Lipinski definition) is 3. The SMILES string of the molecule is COC(=O)/C=C\[C@@H](N)Cc1ccccc1. The smallest absolute Gasteiger partial charge is 0.330 e. The minimum absolute atomic E-state index is 0.161. The van der Waals surface area contributed by atoms with Crippen LogP contribution in [0.3, 0.4) is 0 Å². The van der Waals surface area contributed by atoms with Gasteiger partial charge in [-0.2, -0.15) is 0 Å². The first-order valence-corrected chi connectivity index (χ1v) is 4.78. The fourth-order valence-corrected chi connectivity index (χ4v) is 1.22. The summed E-state index contributed by atoms with van der Waals surface area (Å²) in [4.78, 5) is 10.8. The number of ether oxygens (including phenoxy) is 1. The van der Waals surface area contributed by atoms with E-state index < -0.39 is 0 Å². The van der Waals surface area contributed by atoms with Crippen LogP contribution in [-0.4, -0.2) is 19.1 Å². The van der Waals surface area contributed by atoms with Crippen LogP contribution in [0.1, 0.15) is 5.56 Å². The maximum absolute atomic E-state index is 10.8. The molecule has 0 aliphatic heterocycles. The Morgan fingerprint density at radius 1 is 1.47 bits per heavy atom. The zero-order valence-electron chi connectivity index (χ0n) is 8.72. The van der Waals surface area contributed by atoms with Crippen LogP contribution in [0.15, 0.2) is 42.5 Å². The predicted octanol–water partition coefficient (Wildman–Crippen LogP) is 1.29. The van der Waals surface area contributed by atoms with Gasteiger partial charge in [-0.05, 0) is 12.0 Å². The van der Waals surface area contributed by atoms with Crippen LogP contribution in [0.2, 0.25) is 0 Å². The third-order valence-corrected chi connectivity index (χ3v) is 1.99. The van der Waals surface area contributed by atoms with E-state index in [9.17, 15) is 4.79 Å². The van der Waals surface area contributed by atoms with Crippen LogP contribution >= 0.6 is 0 Å². The topological polar surface area (TPSA) is 52.3 Å². The van der Waals surface area contributed by atoms with Gasteiger partial charge in [0.25, 0.3) is 0 Å². The van der Waals surface area contributed by atoms with E-state index in [0.29, 0.717) is 6.42 Å². The van der Waals surface area contributed by atoms with Gasteiger partial charge in [0.15, 0.2) is 0 Å². The van der Waals surface area contributed by atoms with Gasteiger partial charge in [-0.3, -0.25) is 0 Å². The molecule has 0 aliphatic rings. The molecule has 1 rings (SSSR count). The molecule has 0 amide bonds. The summed E-state index contributed by atoms with van der Waals surface area (Å²) in [6.45, 7) is 0. The highest BCUT2D eigenvalue weighted by Gasteiger charge is 2.00. The summed E-state index contributed by atoms with van der Waals surface area (Å²) in [5.41, 5.74) is 6.97. The second kappa shape index (κ2) is 5.98. The van der Waals surface area contributed by atoms with Gasteiger partial charge in [-0.15, -0.1) is 0 Å². The predicted molar refractivity (Wildman–Crippen MR) is 59.3 cm³/mol. The van der Waals surface area contributed by atoms with Gasteiger partial charge in [-0.1, -0.05) is 36.4 Å². The molecule has 1 aromatic carbocycles. The molecule has 2 N–H and O–H groups in total. The number of nitrogens with two attached hydrogens (primary N) is 1. The van der Waals surface area contributed by atoms with Crippen molar-refractivity contribution in [2.75, 3.05) is 7.11 Å². The van der Waals surface area contributed by atoms with Crippen molar-refractivity contribution in [1.82, 2.24) is 0 Å². The van der Waals surface area contributed by atoms with Crippen molar-refractivity contribution >= 4 is 5.97 Å². The summed E-state index contributed by atoms with van der Waals surface area (Å²) in [7, 11) is 1.34. The summed E-state index contributed by atoms with van der Waals surface area (Å²) < 4.78 is 4.47. The molecule has 1 atom stereocenters. The molecule has 1 aromatic rings. The lowest BCUT2D eigenvalue weighted by Crippen LogP contribution is -2.20. The molecule has 0 aromatic heterocycles. The first-order chi connectivity index (χ1) is 7.22. The molecule has 0 bridgehead atoms. The Morgan fingerprint density at radius 3 is 2.73 bits per heavy atom. The highest BCUT2D eigenvalue weighted by atomic mass is 16.5. The average molecular weight is 205 g/mol. The van der Waals surface area contributed by atoms with Crippen molar-refractivity contribution in [2.45, 2.75) is 12.5 Å². The molecule has 15 heavy (non-hydrogen) atoms. The zero-order valence-corrected chi connectivity index (χ0v) is 8.72. The number of esters is 1. The number of carbonyl (C=O) groups excluding carboxylic acids is 1. The molecule has 0 spiro atoms. The summed E-state index contributed by atoms with van der Waals surface area (Å²) in [5.74, 6) is -0.376. The van der Waals surface area contributed by atoms with E-state index in [2.05, 4.69) is 4.74 Å². The van der Waals surface area contributed by atoms with E-state index in [4.69, 9.17) is 5.73 Å². The first kappa shape index (κ1) is 11.5. The van der Waals surface area contributed by atoms with Crippen molar-refractivity contribution < 1.29 is 9.53 Å². The van der Waals surface area contributed by atoms with Crippen LogP contribution in [-0.2, 0) is 16.0 Å². The van der Waals surface area contributed by atoms with Crippen LogP contribution in [0, 0.1) is 0 Å². The van der Waals surface area contributed by atoms with E-state index >= 15 is 0 Å². The second-order valence-corrected chi connectivity index (χ2v) is 3.24. The second-order valence-electron chi connectivity index (χ2n) is 3.24. The van der Waals surface area contributed by atoms with Gasteiger partial charge < -0.3 is 10.5 Å². The fourth-order valence-electron chi connectivity index (χ4n) is 1.22. The summed E-state index contributed by atoms with van der Waals surface area (Å²) in [5, 5.41) is 0.